The molecule has 1 aromatic carbocycles. The summed E-state index contributed by atoms with van der Waals surface area (Å²) in [5.74, 6) is -0.393. The molecule has 29 heavy (non-hydrogen) atoms. The van der Waals surface area contributed by atoms with Gasteiger partial charge in [-0.25, -0.2) is 0 Å². The Morgan fingerprint density at radius 3 is 2.45 bits per heavy atom. The highest BCUT2D eigenvalue weighted by molar-refractivity contribution is 6.08. The van der Waals surface area contributed by atoms with Crippen molar-refractivity contribution in [3.05, 3.63) is 82.4 Å². The number of aromatic nitrogens is 2. The van der Waals surface area contributed by atoms with Crippen LogP contribution in [0.5, 0.6) is 0 Å². The number of hydrogen-bond donors (Lipinski definition) is 1. The Bertz CT molecular complexity index is 1010. The molecule has 0 bridgehead atoms. The molecule has 0 spiro atoms. The van der Waals surface area contributed by atoms with Crippen LogP contribution in [0.4, 0.5) is 5.69 Å². The minimum absolute atomic E-state index is 0.168. The Morgan fingerprint density at radius 2 is 1.76 bits per heavy atom. The summed E-state index contributed by atoms with van der Waals surface area (Å²) in [7, 11) is 0. The SMILES string of the molecule is CCCCCCn1c(C)cc(=O)c(C(=O)Nc2ccccc2)c1-c1ccncc1. The molecule has 1 amide bonds. The molecule has 2 aromatic heterocycles. The number of para-hydroxylation sites is 1. The van der Waals surface area contributed by atoms with Crippen molar-refractivity contribution >= 4 is 11.6 Å². The second-order valence-corrected chi connectivity index (χ2v) is 7.14. The summed E-state index contributed by atoms with van der Waals surface area (Å²) in [5.41, 5.74) is 2.88. The van der Waals surface area contributed by atoms with E-state index < -0.39 is 5.91 Å². The van der Waals surface area contributed by atoms with Gasteiger partial charge in [0.25, 0.3) is 5.91 Å². The van der Waals surface area contributed by atoms with Crippen LogP contribution in [0.1, 0.15) is 48.7 Å². The Kier molecular flexibility index (Phi) is 6.95. The van der Waals surface area contributed by atoms with Gasteiger partial charge in [0.15, 0.2) is 5.43 Å². The number of benzene rings is 1. The van der Waals surface area contributed by atoms with Crippen molar-refractivity contribution in [3.63, 3.8) is 0 Å². The van der Waals surface area contributed by atoms with E-state index in [-0.39, 0.29) is 11.0 Å². The van der Waals surface area contributed by atoms with Crippen LogP contribution < -0.4 is 10.7 Å². The molecule has 0 saturated heterocycles. The minimum atomic E-state index is -0.393. The first kappa shape index (κ1) is 20.5. The Labute approximate surface area is 171 Å². The van der Waals surface area contributed by atoms with Gasteiger partial charge < -0.3 is 9.88 Å². The lowest BCUT2D eigenvalue weighted by atomic mass is 10.0. The van der Waals surface area contributed by atoms with Gasteiger partial charge in [-0.2, -0.15) is 0 Å². The predicted octanol–water partition coefficient (Wildman–Crippen LogP) is 5.05. The number of amides is 1. The van der Waals surface area contributed by atoms with E-state index in [9.17, 15) is 9.59 Å². The van der Waals surface area contributed by atoms with Gasteiger partial charge in [0.1, 0.15) is 5.56 Å². The summed E-state index contributed by atoms with van der Waals surface area (Å²) in [5, 5.41) is 2.86. The van der Waals surface area contributed by atoms with E-state index in [1.54, 1.807) is 18.5 Å². The van der Waals surface area contributed by atoms with E-state index >= 15 is 0 Å². The Balaban J connectivity index is 2.08. The molecule has 3 aromatic rings. The number of nitrogens with zero attached hydrogens (tertiary/aromatic N) is 2. The van der Waals surface area contributed by atoms with Gasteiger partial charge in [-0.05, 0) is 37.6 Å². The smallest absolute Gasteiger partial charge is 0.261 e. The van der Waals surface area contributed by atoms with E-state index in [0.29, 0.717) is 11.4 Å². The lowest BCUT2D eigenvalue weighted by Crippen LogP contribution is -2.26. The number of aryl methyl sites for hydroxylation is 1. The monoisotopic (exact) mass is 389 g/mol. The van der Waals surface area contributed by atoms with Crippen LogP contribution in [0.3, 0.4) is 0 Å². The third-order valence-corrected chi connectivity index (χ3v) is 4.97. The zero-order chi connectivity index (χ0) is 20.6. The third kappa shape index (κ3) is 4.99. The van der Waals surface area contributed by atoms with E-state index in [0.717, 1.165) is 37.1 Å². The van der Waals surface area contributed by atoms with Crippen LogP contribution >= 0.6 is 0 Å². The lowest BCUT2D eigenvalue weighted by Gasteiger charge is -2.20. The number of carbonyl (C=O) groups excluding carboxylic acids is 1. The molecule has 150 valence electrons. The second-order valence-electron chi connectivity index (χ2n) is 7.14. The van der Waals surface area contributed by atoms with Crippen LogP contribution in [0.15, 0.2) is 65.7 Å². The lowest BCUT2D eigenvalue weighted by molar-refractivity contribution is 0.102. The topological polar surface area (TPSA) is 64.0 Å². The maximum atomic E-state index is 13.1. The molecule has 0 radical (unpaired) electrons. The number of pyridine rings is 2. The van der Waals surface area contributed by atoms with Crippen LogP contribution in [0.2, 0.25) is 0 Å². The first-order chi connectivity index (χ1) is 14.1. The fourth-order valence-electron chi connectivity index (χ4n) is 3.50. The maximum absolute atomic E-state index is 13.1. The zero-order valence-electron chi connectivity index (χ0n) is 17.0. The number of rotatable bonds is 8. The molecular weight excluding hydrogens is 362 g/mol. The molecule has 5 heteroatoms. The van der Waals surface area contributed by atoms with Crippen LogP contribution in [-0.4, -0.2) is 15.5 Å². The van der Waals surface area contributed by atoms with Gasteiger partial charge in [-0.15, -0.1) is 0 Å². The third-order valence-electron chi connectivity index (χ3n) is 4.97. The zero-order valence-corrected chi connectivity index (χ0v) is 17.0. The summed E-state index contributed by atoms with van der Waals surface area (Å²) in [4.78, 5) is 30.1. The van der Waals surface area contributed by atoms with Gasteiger partial charge in [0, 0.05) is 41.9 Å². The molecule has 2 heterocycles. The first-order valence-corrected chi connectivity index (χ1v) is 10.1. The van der Waals surface area contributed by atoms with Crippen molar-refractivity contribution in [1.29, 1.82) is 0 Å². The van der Waals surface area contributed by atoms with E-state index in [1.165, 1.54) is 6.42 Å². The molecular formula is C24H27N3O2. The number of carbonyl (C=O) groups is 1. The van der Waals surface area contributed by atoms with E-state index in [4.69, 9.17) is 0 Å². The van der Waals surface area contributed by atoms with Gasteiger partial charge in [0.2, 0.25) is 0 Å². The number of anilines is 1. The average molecular weight is 389 g/mol. The highest BCUT2D eigenvalue weighted by atomic mass is 16.2. The second kappa shape index (κ2) is 9.82. The van der Waals surface area contributed by atoms with Gasteiger partial charge >= 0.3 is 0 Å². The molecule has 0 unspecified atom stereocenters. The largest absolute Gasteiger partial charge is 0.344 e. The Hall–Kier alpha value is -3.21. The molecule has 5 nitrogen and oxygen atoms in total. The molecule has 0 aliphatic carbocycles. The number of nitrogens with one attached hydrogen (secondary N) is 1. The van der Waals surface area contributed by atoms with Crippen LogP contribution in [0, 0.1) is 6.92 Å². The summed E-state index contributed by atoms with van der Waals surface area (Å²) in [6.45, 7) is 4.86. The number of unbranched alkanes of at least 4 members (excludes halogenated alkanes) is 3. The van der Waals surface area contributed by atoms with Crippen molar-refractivity contribution in [1.82, 2.24) is 9.55 Å². The summed E-state index contributed by atoms with van der Waals surface area (Å²) >= 11 is 0. The van der Waals surface area contributed by atoms with Crippen LogP contribution in [0.25, 0.3) is 11.3 Å². The fourth-order valence-corrected chi connectivity index (χ4v) is 3.50. The van der Waals surface area contributed by atoms with Crippen molar-refractivity contribution < 1.29 is 4.79 Å². The highest BCUT2D eigenvalue weighted by Crippen LogP contribution is 2.24. The molecule has 0 atom stereocenters. The fraction of sp³-hybridized carbons (Fsp3) is 0.292. The Morgan fingerprint density at radius 1 is 1.03 bits per heavy atom. The van der Waals surface area contributed by atoms with Crippen molar-refractivity contribution in [2.24, 2.45) is 0 Å². The van der Waals surface area contributed by atoms with Crippen molar-refractivity contribution in [2.45, 2.75) is 46.1 Å². The van der Waals surface area contributed by atoms with E-state index in [2.05, 4.69) is 21.8 Å². The quantitative estimate of drug-likeness (QED) is 0.548. The molecule has 0 aliphatic heterocycles. The van der Waals surface area contributed by atoms with Crippen molar-refractivity contribution in [3.8, 4) is 11.3 Å². The maximum Gasteiger partial charge on any atom is 0.261 e. The van der Waals surface area contributed by atoms with E-state index in [1.807, 2.05) is 49.4 Å². The molecule has 1 N–H and O–H groups in total. The standard InChI is InChI=1S/C24H27N3O2/c1-3-4-5-9-16-27-18(2)17-21(28)22(23(27)19-12-14-25-15-13-19)24(29)26-20-10-7-6-8-11-20/h6-8,10-15,17H,3-5,9,16H2,1-2H3,(H,26,29). The summed E-state index contributed by atoms with van der Waals surface area (Å²) in [6.07, 6.45) is 7.81. The van der Waals surface area contributed by atoms with Gasteiger partial charge in [-0.3, -0.25) is 14.6 Å². The number of hydrogen-bond acceptors (Lipinski definition) is 3. The molecule has 0 saturated carbocycles. The average Bonchev–Trinajstić information content (AvgIpc) is 2.73. The van der Waals surface area contributed by atoms with Gasteiger partial charge in [0.05, 0.1) is 5.69 Å². The summed E-state index contributed by atoms with van der Waals surface area (Å²) < 4.78 is 2.09. The normalized spacial score (nSPS) is 10.7. The predicted molar refractivity (Wildman–Crippen MR) is 117 cm³/mol. The summed E-state index contributed by atoms with van der Waals surface area (Å²) in [6, 6.07) is 14.4. The van der Waals surface area contributed by atoms with Crippen molar-refractivity contribution in [2.75, 3.05) is 5.32 Å². The molecule has 3 rings (SSSR count). The minimum Gasteiger partial charge on any atom is -0.344 e. The molecule has 0 aliphatic rings. The van der Waals surface area contributed by atoms with Gasteiger partial charge in [-0.1, -0.05) is 44.4 Å². The molecule has 0 fully saturated rings. The van der Waals surface area contributed by atoms with Crippen LogP contribution in [-0.2, 0) is 6.54 Å². The first-order valence-electron chi connectivity index (χ1n) is 10.1. The highest BCUT2D eigenvalue weighted by Gasteiger charge is 2.21.